The molecule has 0 unspecified atom stereocenters. The zero-order chi connectivity index (χ0) is 18.1. The highest BCUT2D eigenvalue weighted by molar-refractivity contribution is 5.96. The van der Waals surface area contributed by atoms with Crippen molar-refractivity contribution in [2.75, 3.05) is 36.0 Å². The van der Waals surface area contributed by atoms with E-state index >= 15 is 0 Å². The number of hydrogen-bond donors (Lipinski definition) is 0. The number of anilines is 2. The van der Waals surface area contributed by atoms with Crippen LogP contribution in [0.1, 0.15) is 16.7 Å². The van der Waals surface area contributed by atoms with E-state index in [4.69, 9.17) is 0 Å². The molecule has 1 aliphatic heterocycles. The molecule has 1 saturated heterocycles. The summed E-state index contributed by atoms with van der Waals surface area (Å²) in [5.41, 5.74) is 4.94. The van der Waals surface area contributed by atoms with Gasteiger partial charge < -0.3 is 9.80 Å². The van der Waals surface area contributed by atoms with Crippen molar-refractivity contribution in [2.24, 2.45) is 0 Å². The topological polar surface area (TPSA) is 68.9 Å². The van der Waals surface area contributed by atoms with Crippen molar-refractivity contribution >= 4 is 22.4 Å². The quantitative estimate of drug-likeness (QED) is 0.712. The molecule has 0 radical (unpaired) electrons. The highest BCUT2D eigenvalue weighted by atomic mass is 15.3. The molecule has 3 aromatic rings. The summed E-state index contributed by atoms with van der Waals surface area (Å²) in [4.78, 5) is 17.6. The summed E-state index contributed by atoms with van der Waals surface area (Å²) < 4.78 is 0. The molecule has 0 saturated carbocycles. The lowest BCUT2D eigenvalue weighted by atomic mass is 10.0. The van der Waals surface area contributed by atoms with Gasteiger partial charge in [-0.3, -0.25) is 9.97 Å². The van der Waals surface area contributed by atoms with Crippen LogP contribution in [0.5, 0.6) is 0 Å². The van der Waals surface area contributed by atoms with Gasteiger partial charge in [-0.25, -0.2) is 4.98 Å². The summed E-state index contributed by atoms with van der Waals surface area (Å²) in [5.74, 6) is 0.902. The zero-order valence-electron chi connectivity index (χ0n) is 15.0. The molecule has 0 spiro atoms. The van der Waals surface area contributed by atoms with E-state index < -0.39 is 0 Å². The van der Waals surface area contributed by atoms with Gasteiger partial charge in [0.05, 0.1) is 23.0 Å². The van der Waals surface area contributed by atoms with E-state index in [0.29, 0.717) is 5.56 Å². The second kappa shape index (κ2) is 6.60. The third kappa shape index (κ3) is 2.82. The van der Waals surface area contributed by atoms with Gasteiger partial charge in [0.25, 0.3) is 0 Å². The van der Waals surface area contributed by atoms with Crippen LogP contribution in [-0.4, -0.2) is 41.1 Å². The largest absolute Gasteiger partial charge is 0.366 e. The number of piperazine rings is 1. The van der Waals surface area contributed by atoms with Gasteiger partial charge >= 0.3 is 0 Å². The predicted octanol–water partition coefficient (Wildman–Crippen LogP) is 2.84. The van der Waals surface area contributed by atoms with E-state index in [-0.39, 0.29) is 0 Å². The van der Waals surface area contributed by atoms with Crippen LogP contribution in [0.15, 0.2) is 36.9 Å². The molecule has 0 atom stereocenters. The van der Waals surface area contributed by atoms with E-state index in [1.807, 2.05) is 0 Å². The van der Waals surface area contributed by atoms with Gasteiger partial charge in [0.1, 0.15) is 11.9 Å². The molecule has 0 N–H and O–H groups in total. The molecular weight excluding hydrogens is 324 g/mol. The fraction of sp³-hybridized carbons (Fsp3) is 0.300. The molecule has 1 fully saturated rings. The van der Waals surface area contributed by atoms with Crippen LogP contribution in [0, 0.1) is 25.2 Å². The molecule has 6 nitrogen and oxygen atoms in total. The summed E-state index contributed by atoms with van der Waals surface area (Å²) in [6.45, 7) is 7.51. The predicted molar refractivity (Wildman–Crippen MR) is 102 cm³/mol. The van der Waals surface area contributed by atoms with Crippen LogP contribution < -0.4 is 9.80 Å². The number of aryl methyl sites for hydroxylation is 2. The van der Waals surface area contributed by atoms with Crippen LogP contribution >= 0.6 is 0 Å². The van der Waals surface area contributed by atoms with Crippen LogP contribution in [0.25, 0.3) is 10.9 Å². The lowest BCUT2D eigenvalue weighted by molar-refractivity contribution is 0.647. The average molecular weight is 344 g/mol. The molecular formula is C20H20N6. The van der Waals surface area contributed by atoms with Crippen molar-refractivity contribution in [3.05, 3.63) is 53.6 Å². The summed E-state index contributed by atoms with van der Waals surface area (Å²) in [5, 5.41) is 10.7. The monoisotopic (exact) mass is 344 g/mol. The van der Waals surface area contributed by atoms with E-state index in [1.165, 1.54) is 5.56 Å². The fourth-order valence-corrected chi connectivity index (χ4v) is 3.68. The molecule has 1 aromatic carbocycles. The van der Waals surface area contributed by atoms with E-state index in [0.717, 1.165) is 54.2 Å². The SMILES string of the molecule is Cc1cc(C)c2ncc(C#N)c(N3CCN(c4cnccn4)CC3)c2c1. The number of benzene rings is 1. The Morgan fingerprint density at radius 3 is 2.42 bits per heavy atom. The minimum atomic E-state index is 0.635. The number of hydrogen-bond acceptors (Lipinski definition) is 6. The summed E-state index contributed by atoms with van der Waals surface area (Å²) >= 11 is 0. The zero-order valence-corrected chi connectivity index (χ0v) is 15.0. The molecule has 130 valence electrons. The standard InChI is InChI=1S/C20H20N6/c1-14-9-15(2)19-17(10-14)20(16(11-21)12-24-19)26-7-5-25(6-8-26)18-13-22-3-4-23-18/h3-4,9-10,12-13H,5-8H2,1-2H3. The first-order valence-corrected chi connectivity index (χ1v) is 8.73. The molecule has 0 bridgehead atoms. The Morgan fingerprint density at radius 1 is 0.962 bits per heavy atom. The van der Waals surface area contributed by atoms with Gasteiger partial charge in [-0.15, -0.1) is 0 Å². The normalized spacial score (nSPS) is 14.5. The summed E-state index contributed by atoms with van der Waals surface area (Å²) in [7, 11) is 0. The number of pyridine rings is 1. The Kier molecular flexibility index (Phi) is 4.13. The van der Waals surface area contributed by atoms with E-state index in [1.54, 1.807) is 24.8 Å². The Hall–Kier alpha value is -3.20. The van der Waals surface area contributed by atoms with Crippen molar-refractivity contribution in [3.8, 4) is 6.07 Å². The third-order valence-electron chi connectivity index (χ3n) is 4.87. The van der Waals surface area contributed by atoms with Gasteiger partial charge in [-0.05, 0) is 25.5 Å². The minimum absolute atomic E-state index is 0.635. The van der Waals surface area contributed by atoms with Gasteiger partial charge in [-0.1, -0.05) is 11.6 Å². The van der Waals surface area contributed by atoms with Crippen LogP contribution in [0.4, 0.5) is 11.5 Å². The molecule has 1 aliphatic rings. The smallest absolute Gasteiger partial charge is 0.147 e. The second-order valence-corrected chi connectivity index (χ2v) is 6.65. The van der Waals surface area contributed by atoms with Gasteiger partial charge in [0.2, 0.25) is 0 Å². The van der Waals surface area contributed by atoms with Crippen LogP contribution in [0.3, 0.4) is 0 Å². The summed E-state index contributed by atoms with van der Waals surface area (Å²) in [6, 6.07) is 6.60. The maximum absolute atomic E-state index is 9.63. The third-order valence-corrected chi connectivity index (χ3v) is 4.87. The Labute approximate surface area is 152 Å². The highest BCUT2D eigenvalue weighted by Crippen LogP contribution is 2.32. The first kappa shape index (κ1) is 16.3. The lowest BCUT2D eigenvalue weighted by Crippen LogP contribution is -2.47. The Balaban J connectivity index is 1.70. The van der Waals surface area contributed by atoms with E-state index in [9.17, 15) is 5.26 Å². The average Bonchev–Trinajstić information content (AvgIpc) is 2.68. The first-order chi connectivity index (χ1) is 12.7. The van der Waals surface area contributed by atoms with Gasteiger partial charge in [0, 0.05) is 50.2 Å². The molecule has 0 aliphatic carbocycles. The fourth-order valence-electron chi connectivity index (χ4n) is 3.68. The number of rotatable bonds is 2. The first-order valence-electron chi connectivity index (χ1n) is 8.73. The number of fused-ring (bicyclic) bond motifs is 1. The van der Waals surface area contributed by atoms with Crippen molar-refractivity contribution in [1.29, 1.82) is 5.26 Å². The van der Waals surface area contributed by atoms with E-state index in [2.05, 4.69) is 56.8 Å². The molecule has 3 heterocycles. The van der Waals surface area contributed by atoms with Crippen molar-refractivity contribution in [2.45, 2.75) is 13.8 Å². The molecule has 2 aromatic heterocycles. The Bertz CT molecular complexity index is 985. The maximum atomic E-state index is 9.63. The molecule has 4 rings (SSSR count). The highest BCUT2D eigenvalue weighted by Gasteiger charge is 2.23. The van der Waals surface area contributed by atoms with Crippen molar-refractivity contribution in [1.82, 2.24) is 15.0 Å². The lowest BCUT2D eigenvalue weighted by Gasteiger charge is -2.37. The molecule has 26 heavy (non-hydrogen) atoms. The van der Waals surface area contributed by atoms with Crippen LogP contribution in [-0.2, 0) is 0 Å². The second-order valence-electron chi connectivity index (χ2n) is 6.65. The minimum Gasteiger partial charge on any atom is -0.366 e. The summed E-state index contributed by atoms with van der Waals surface area (Å²) in [6.07, 6.45) is 6.91. The maximum Gasteiger partial charge on any atom is 0.147 e. The van der Waals surface area contributed by atoms with Gasteiger partial charge in [-0.2, -0.15) is 5.26 Å². The van der Waals surface area contributed by atoms with Crippen LogP contribution in [0.2, 0.25) is 0 Å². The van der Waals surface area contributed by atoms with Crippen molar-refractivity contribution in [3.63, 3.8) is 0 Å². The number of nitriles is 1. The Morgan fingerprint density at radius 2 is 1.73 bits per heavy atom. The molecule has 0 amide bonds. The van der Waals surface area contributed by atoms with Crippen molar-refractivity contribution < 1.29 is 0 Å². The number of nitrogens with zero attached hydrogens (tertiary/aromatic N) is 6. The van der Waals surface area contributed by atoms with Gasteiger partial charge in [0.15, 0.2) is 0 Å². The molecule has 6 heteroatoms. The number of aromatic nitrogens is 3.